The third-order valence-electron chi connectivity index (χ3n) is 18.5. The zero-order valence-corrected chi connectivity index (χ0v) is 35.8. The first kappa shape index (κ1) is 46.9. The van der Waals surface area contributed by atoms with Crippen molar-refractivity contribution >= 4 is 5.97 Å². The third-order valence-corrected chi connectivity index (χ3v) is 18.5. The van der Waals surface area contributed by atoms with Gasteiger partial charge in [-0.3, -0.25) is 4.79 Å². The average Bonchev–Trinajstić information content (AvgIpc) is 3.81. The van der Waals surface area contributed by atoms with Crippen LogP contribution in [-0.4, -0.2) is 172 Å². The topological polar surface area (TPSA) is 297 Å². The summed E-state index contributed by atoms with van der Waals surface area (Å²) in [4.78, 5) is 14.3. The van der Waals surface area contributed by atoms with Crippen LogP contribution in [-0.2, 0) is 23.7 Å². The van der Waals surface area contributed by atoms with E-state index in [0.29, 0.717) is 19.3 Å². The molecule has 2 saturated heterocycles. The molecule has 0 bridgehead atoms. The summed E-state index contributed by atoms with van der Waals surface area (Å²) >= 11 is 0. The fourth-order valence-corrected chi connectivity index (χ4v) is 14.3. The fraction of sp³-hybridized carbons (Fsp3) is 0.977. The summed E-state index contributed by atoms with van der Waals surface area (Å²) in [5.41, 5.74) is -5.83. The SMILES string of the molecule is CC(C)[C@@](O)(CC[C@](C)(O)[C@H]1CC[C@@]2(C)[C@@H]3CCC4[C@](C)(C(=O)O[C@@H]5O[C@H](CO)[C@@H](O)[C@H](O)[C@H]5O)[C@@H](O)C[C@H](O)[C@@]45C[C@@]35CC[C@]12C)CO[C@@H]1O[C@H](CO)[C@@H](O)[C@H](O)[C@H]1O. The molecule has 5 aliphatic carbocycles. The number of carbonyl (C=O) groups excluding carboxylic acids is 1. The Balaban J connectivity index is 1.07. The highest BCUT2D eigenvalue weighted by Crippen LogP contribution is 2.89. The second-order valence-corrected chi connectivity index (χ2v) is 21.3. The second-order valence-electron chi connectivity index (χ2n) is 21.3. The number of aliphatic hydroxyl groups is 12. The first-order valence-corrected chi connectivity index (χ1v) is 22.1. The summed E-state index contributed by atoms with van der Waals surface area (Å²) in [5, 5.41) is 129. The molecule has 22 atom stereocenters. The van der Waals surface area contributed by atoms with Gasteiger partial charge in [0.15, 0.2) is 6.29 Å². The molecule has 346 valence electrons. The Hall–Kier alpha value is -1.13. The maximum atomic E-state index is 14.3. The van der Waals surface area contributed by atoms with Crippen molar-refractivity contribution in [2.75, 3.05) is 19.8 Å². The van der Waals surface area contributed by atoms with Crippen LogP contribution in [0.15, 0.2) is 0 Å². The summed E-state index contributed by atoms with van der Waals surface area (Å²) in [5.74, 6) is -1.70. The van der Waals surface area contributed by atoms with Gasteiger partial charge in [0.1, 0.15) is 48.8 Å². The summed E-state index contributed by atoms with van der Waals surface area (Å²) in [6.07, 6.45) is -12.5. The predicted molar refractivity (Wildman–Crippen MR) is 208 cm³/mol. The molecule has 7 aliphatic rings. The zero-order valence-electron chi connectivity index (χ0n) is 35.8. The highest BCUT2D eigenvalue weighted by atomic mass is 16.7. The Morgan fingerprint density at radius 3 is 1.87 bits per heavy atom. The van der Waals surface area contributed by atoms with Crippen molar-refractivity contribution in [3.05, 3.63) is 0 Å². The Morgan fingerprint density at radius 1 is 0.717 bits per heavy atom. The summed E-state index contributed by atoms with van der Waals surface area (Å²) in [6.45, 7) is 10.1. The number of esters is 1. The average molecular weight is 861 g/mol. The third kappa shape index (κ3) is 6.61. The van der Waals surface area contributed by atoms with Gasteiger partial charge in [0.2, 0.25) is 6.29 Å². The minimum Gasteiger partial charge on any atom is -0.432 e. The second kappa shape index (κ2) is 15.8. The van der Waals surface area contributed by atoms with Crippen molar-refractivity contribution in [3.8, 4) is 0 Å². The predicted octanol–water partition coefficient (Wildman–Crippen LogP) is -1.18. The Morgan fingerprint density at radius 2 is 1.28 bits per heavy atom. The molecular formula is C43H72O17. The van der Waals surface area contributed by atoms with Crippen LogP contribution in [0.4, 0.5) is 0 Å². The van der Waals surface area contributed by atoms with E-state index in [1.807, 2.05) is 20.8 Å². The molecule has 17 nitrogen and oxygen atoms in total. The van der Waals surface area contributed by atoms with Crippen molar-refractivity contribution in [1.29, 1.82) is 0 Å². The van der Waals surface area contributed by atoms with E-state index in [2.05, 4.69) is 13.8 Å². The molecule has 7 fully saturated rings. The monoisotopic (exact) mass is 860 g/mol. The fourth-order valence-electron chi connectivity index (χ4n) is 14.3. The van der Waals surface area contributed by atoms with Crippen molar-refractivity contribution in [3.63, 3.8) is 0 Å². The molecule has 2 aliphatic heterocycles. The molecular weight excluding hydrogens is 788 g/mol. The van der Waals surface area contributed by atoms with Crippen LogP contribution in [0.25, 0.3) is 0 Å². The lowest BCUT2D eigenvalue weighted by molar-refractivity contribution is -0.310. The molecule has 0 aromatic rings. The minimum atomic E-state index is -1.80. The Kier molecular flexibility index (Phi) is 12.3. The van der Waals surface area contributed by atoms with E-state index < -0.39 is 121 Å². The van der Waals surface area contributed by atoms with Crippen LogP contribution in [0.3, 0.4) is 0 Å². The van der Waals surface area contributed by atoms with Gasteiger partial charge in [-0.05, 0) is 112 Å². The number of aliphatic hydroxyl groups excluding tert-OH is 10. The van der Waals surface area contributed by atoms with Crippen molar-refractivity contribution < 1.29 is 85.0 Å². The van der Waals surface area contributed by atoms with Gasteiger partial charge in [-0.15, -0.1) is 0 Å². The molecule has 0 aromatic heterocycles. The normalized spacial score (nSPS) is 53.2. The highest BCUT2D eigenvalue weighted by molar-refractivity contribution is 5.78. The summed E-state index contributed by atoms with van der Waals surface area (Å²) in [6, 6.07) is 0. The molecule has 12 N–H and O–H groups in total. The standard InChI is InChI=1S/C43H72O17/c1-20(2)42(56,19-57-34-32(52)30(50)28(48)21(16-44)58-34)14-12-39(5,55)23-9-10-37(3)24-7-8-25-40(6,36(54)60-35-33(53)31(51)29(49)22(17-45)59-35)26(46)15-27(47)43(25)18-41(24,43)13-11-38(23,37)4/h20-35,44-53,55-56H,7-19H2,1-6H3/t21-,22-,23+,24+,25?,26+,27+,28-,29-,30+,31+,32-,33-,34-,35+,37+,38-,39+,40+,41+,42-,43-/m1/s1. The Bertz CT molecular complexity index is 1580. The lowest BCUT2D eigenvalue weighted by Crippen LogP contribution is -2.65. The van der Waals surface area contributed by atoms with Gasteiger partial charge >= 0.3 is 5.97 Å². The van der Waals surface area contributed by atoms with Gasteiger partial charge in [-0.2, -0.15) is 0 Å². The van der Waals surface area contributed by atoms with Gasteiger partial charge in [0, 0.05) is 11.8 Å². The van der Waals surface area contributed by atoms with Gasteiger partial charge < -0.3 is 80.2 Å². The molecule has 7 rings (SSSR count). The lowest BCUT2D eigenvalue weighted by Gasteiger charge is -2.64. The minimum absolute atomic E-state index is 0.0601. The highest BCUT2D eigenvalue weighted by Gasteiger charge is 2.86. The quantitative estimate of drug-likeness (QED) is 0.103. The maximum absolute atomic E-state index is 14.3. The van der Waals surface area contributed by atoms with E-state index in [-0.39, 0.29) is 59.9 Å². The number of fused-ring (bicyclic) bond motifs is 2. The number of carbonyl (C=O) groups is 1. The molecule has 1 unspecified atom stereocenters. The number of hydrogen-bond acceptors (Lipinski definition) is 17. The van der Waals surface area contributed by atoms with Gasteiger partial charge in [-0.25, -0.2) is 0 Å². The molecule has 5 saturated carbocycles. The van der Waals surface area contributed by atoms with Crippen LogP contribution >= 0.6 is 0 Å². The van der Waals surface area contributed by atoms with E-state index >= 15 is 0 Å². The van der Waals surface area contributed by atoms with Gasteiger partial charge in [0.25, 0.3) is 0 Å². The Labute approximate surface area is 351 Å². The van der Waals surface area contributed by atoms with E-state index in [1.54, 1.807) is 6.92 Å². The molecule has 0 radical (unpaired) electrons. The lowest BCUT2D eigenvalue weighted by atomic mass is 9.41. The van der Waals surface area contributed by atoms with Gasteiger partial charge in [-0.1, -0.05) is 27.7 Å². The van der Waals surface area contributed by atoms with Crippen LogP contribution < -0.4 is 0 Å². The first-order valence-electron chi connectivity index (χ1n) is 22.1. The van der Waals surface area contributed by atoms with Crippen molar-refractivity contribution in [2.45, 2.75) is 191 Å². The van der Waals surface area contributed by atoms with Crippen LogP contribution in [0.2, 0.25) is 0 Å². The van der Waals surface area contributed by atoms with E-state index in [4.69, 9.17) is 18.9 Å². The number of hydrogen-bond donors (Lipinski definition) is 12. The first-order chi connectivity index (χ1) is 27.9. The molecule has 2 heterocycles. The summed E-state index contributed by atoms with van der Waals surface area (Å²) < 4.78 is 22.5. The van der Waals surface area contributed by atoms with Crippen molar-refractivity contribution in [2.24, 2.45) is 50.7 Å². The van der Waals surface area contributed by atoms with Crippen LogP contribution in [0, 0.1) is 50.7 Å². The van der Waals surface area contributed by atoms with Crippen molar-refractivity contribution in [1.82, 2.24) is 0 Å². The molecule has 60 heavy (non-hydrogen) atoms. The molecule has 0 aromatic carbocycles. The molecule has 2 spiro atoms. The molecule has 0 amide bonds. The zero-order chi connectivity index (χ0) is 44.3. The molecule has 17 heteroatoms. The van der Waals surface area contributed by atoms with Crippen LogP contribution in [0.1, 0.15) is 106 Å². The number of ether oxygens (including phenoxy) is 4. The smallest absolute Gasteiger partial charge is 0.317 e. The summed E-state index contributed by atoms with van der Waals surface area (Å²) in [7, 11) is 0. The van der Waals surface area contributed by atoms with Crippen LogP contribution in [0.5, 0.6) is 0 Å². The number of rotatable bonds is 12. The van der Waals surface area contributed by atoms with E-state index in [0.717, 1.165) is 25.7 Å². The van der Waals surface area contributed by atoms with Gasteiger partial charge in [0.05, 0.1) is 48.6 Å². The van der Waals surface area contributed by atoms with E-state index in [9.17, 15) is 66.1 Å². The largest absolute Gasteiger partial charge is 0.432 e. The maximum Gasteiger partial charge on any atom is 0.317 e. The van der Waals surface area contributed by atoms with E-state index in [1.165, 1.54) is 0 Å².